The molecule has 0 bridgehead atoms. The maximum Gasteiger partial charge on any atom is 1.00 e. The maximum absolute atomic E-state index is 5.07. The Morgan fingerprint density at radius 1 is 1.64 bits per heavy atom. The summed E-state index contributed by atoms with van der Waals surface area (Å²) < 4.78 is 5.07. The molecule has 0 unspecified atom stereocenters. The molecule has 1 aromatic heterocycles. The molecule has 0 saturated heterocycles. The van der Waals surface area contributed by atoms with Gasteiger partial charge >= 0.3 is 51.4 Å². The van der Waals surface area contributed by atoms with E-state index in [1.807, 2.05) is 13.2 Å². The molecule has 0 radical (unpaired) electrons. The molecule has 11 heavy (non-hydrogen) atoms. The first kappa shape index (κ1) is 11.9. The van der Waals surface area contributed by atoms with Crippen molar-refractivity contribution in [3.63, 3.8) is 0 Å². The topological polar surface area (TPSA) is 22.1 Å². The number of hydrogen-bond donors (Lipinski definition) is 0. The molecule has 0 aliphatic rings. The van der Waals surface area contributed by atoms with Gasteiger partial charge in [0.05, 0.1) is 12.0 Å². The first-order valence-corrected chi connectivity index (χ1v) is 4.04. The standard InChI is InChI=1S/C7H8NOS.K/c1-6-4-3-5-7(8-6)9-10-2;/h3,5H,1-2H3;/q-1;+1. The number of hydrogen-bond acceptors (Lipinski definition) is 3. The molecule has 54 valence electrons. The van der Waals surface area contributed by atoms with Crippen molar-refractivity contribution in [2.75, 3.05) is 6.26 Å². The number of pyridine rings is 1. The Bertz CT molecular complexity index is 219. The van der Waals surface area contributed by atoms with Crippen LogP contribution in [0, 0.1) is 13.0 Å². The van der Waals surface area contributed by atoms with Gasteiger partial charge in [-0.2, -0.15) is 0 Å². The summed E-state index contributed by atoms with van der Waals surface area (Å²) in [6, 6.07) is 6.51. The van der Waals surface area contributed by atoms with E-state index in [4.69, 9.17) is 4.18 Å². The molecule has 0 fully saturated rings. The molecule has 0 saturated carbocycles. The van der Waals surface area contributed by atoms with Crippen LogP contribution >= 0.6 is 12.0 Å². The van der Waals surface area contributed by atoms with Gasteiger partial charge in [0.15, 0.2) is 0 Å². The molecule has 0 atom stereocenters. The average molecular weight is 193 g/mol. The Kier molecular flexibility index (Phi) is 7.00. The molecule has 0 aromatic carbocycles. The monoisotopic (exact) mass is 193 g/mol. The van der Waals surface area contributed by atoms with Gasteiger partial charge < -0.3 is 4.18 Å². The summed E-state index contributed by atoms with van der Waals surface area (Å²) in [5, 5.41) is 0. The van der Waals surface area contributed by atoms with E-state index in [9.17, 15) is 0 Å². The fraction of sp³-hybridized carbons (Fsp3) is 0.286. The van der Waals surface area contributed by atoms with Gasteiger partial charge in [-0.3, -0.25) is 4.98 Å². The predicted molar refractivity (Wildman–Crippen MR) is 42.0 cm³/mol. The van der Waals surface area contributed by atoms with E-state index < -0.39 is 0 Å². The van der Waals surface area contributed by atoms with Crippen LogP contribution in [-0.4, -0.2) is 11.2 Å². The van der Waals surface area contributed by atoms with Crippen LogP contribution in [0.25, 0.3) is 0 Å². The summed E-state index contributed by atoms with van der Waals surface area (Å²) in [5.41, 5.74) is 0.853. The molecule has 1 heterocycles. The van der Waals surface area contributed by atoms with E-state index in [0.717, 1.165) is 5.69 Å². The van der Waals surface area contributed by atoms with Crippen molar-refractivity contribution >= 4 is 12.0 Å². The molecule has 0 spiro atoms. The van der Waals surface area contributed by atoms with Crippen LogP contribution in [0.1, 0.15) is 5.69 Å². The fourth-order valence-corrected chi connectivity index (χ4v) is 0.864. The van der Waals surface area contributed by atoms with Gasteiger partial charge in [0.2, 0.25) is 0 Å². The summed E-state index contributed by atoms with van der Waals surface area (Å²) in [7, 11) is 0. The molecule has 1 rings (SSSR count). The molecule has 0 aliphatic heterocycles. The van der Waals surface area contributed by atoms with Gasteiger partial charge in [-0.1, -0.05) is 0 Å². The van der Waals surface area contributed by atoms with Crippen molar-refractivity contribution in [1.29, 1.82) is 0 Å². The van der Waals surface area contributed by atoms with Crippen molar-refractivity contribution in [3.05, 3.63) is 23.9 Å². The van der Waals surface area contributed by atoms with E-state index in [2.05, 4.69) is 11.1 Å². The Labute approximate surface area is 114 Å². The normalized spacial score (nSPS) is 8.55. The molecule has 2 nitrogen and oxygen atoms in total. The quantitative estimate of drug-likeness (QED) is 0.336. The second-order valence-electron chi connectivity index (χ2n) is 1.76. The molecular formula is C7H8KNOS. The van der Waals surface area contributed by atoms with Gasteiger partial charge in [-0.25, -0.2) is 12.1 Å². The van der Waals surface area contributed by atoms with E-state index in [0.29, 0.717) is 5.88 Å². The number of aryl methyl sites for hydroxylation is 1. The molecule has 0 N–H and O–H groups in total. The Morgan fingerprint density at radius 2 is 2.36 bits per heavy atom. The first-order valence-electron chi connectivity index (χ1n) is 2.89. The van der Waals surface area contributed by atoms with Crippen LogP contribution in [0.4, 0.5) is 0 Å². The fourth-order valence-electron chi connectivity index (χ4n) is 0.600. The first-order chi connectivity index (χ1) is 4.83. The van der Waals surface area contributed by atoms with Gasteiger partial charge in [0, 0.05) is 6.26 Å². The smallest absolute Gasteiger partial charge is 0.426 e. The van der Waals surface area contributed by atoms with E-state index in [-0.39, 0.29) is 51.4 Å². The van der Waals surface area contributed by atoms with Crippen LogP contribution < -0.4 is 55.6 Å². The van der Waals surface area contributed by atoms with Crippen molar-refractivity contribution in [3.8, 4) is 5.88 Å². The van der Waals surface area contributed by atoms with Gasteiger partial charge in [-0.15, -0.1) is 6.07 Å². The minimum atomic E-state index is 0. The van der Waals surface area contributed by atoms with E-state index in [1.54, 1.807) is 12.1 Å². The van der Waals surface area contributed by atoms with Crippen molar-refractivity contribution in [2.45, 2.75) is 6.92 Å². The molecular weight excluding hydrogens is 185 g/mol. The summed E-state index contributed by atoms with van der Waals surface area (Å²) in [4.78, 5) is 4.06. The third-order valence-electron chi connectivity index (χ3n) is 0.965. The van der Waals surface area contributed by atoms with Gasteiger partial charge in [-0.05, 0) is 12.6 Å². The third kappa shape index (κ3) is 4.50. The summed E-state index contributed by atoms with van der Waals surface area (Å²) in [6.07, 6.45) is 1.85. The Balaban J connectivity index is 0.000001000. The second-order valence-corrected chi connectivity index (χ2v) is 2.26. The third-order valence-corrected chi connectivity index (χ3v) is 1.30. The zero-order valence-corrected chi connectivity index (χ0v) is 10.9. The maximum atomic E-state index is 5.07. The predicted octanol–water partition coefficient (Wildman–Crippen LogP) is -1.15. The van der Waals surface area contributed by atoms with Gasteiger partial charge in [0.25, 0.3) is 0 Å². The molecule has 4 heteroatoms. The molecule has 0 amide bonds. The Hall–Kier alpha value is 0.936. The zero-order chi connectivity index (χ0) is 7.40. The Morgan fingerprint density at radius 3 is 2.91 bits per heavy atom. The summed E-state index contributed by atoms with van der Waals surface area (Å²) >= 11 is 1.29. The minimum absolute atomic E-state index is 0. The van der Waals surface area contributed by atoms with Gasteiger partial charge in [0.1, 0.15) is 5.88 Å². The van der Waals surface area contributed by atoms with Crippen molar-refractivity contribution in [2.24, 2.45) is 0 Å². The second kappa shape index (κ2) is 6.45. The molecule has 0 aliphatic carbocycles. The average Bonchev–Trinajstić information content (AvgIpc) is 1.88. The van der Waals surface area contributed by atoms with Crippen LogP contribution in [-0.2, 0) is 0 Å². The minimum Gasteiger partial charge on any atom is -0.426 e. The van der Waals surface area contributed by atoms with Crippen molar-refractivity contribution in [1.82, 2.24) is 4.98 Å². The molecule has 1 aromatic rings. The van der Waals surface area contributed by atoms with Crippen LogP contribution in [0.15, 0.2) is 12.1 Å². The number of rotatable bonds is 2. The van der Waals surface area contributed by atoms with E-state index in [1.165, 1.54) is 12.0 Å². The summed E-state index contributed by atoms with van der Waals surface area (Å²) in [5.74, 6) is 0.642. The SMILES string of the molecule is CSOc1cc[c-]c(C)n1.[K+]. The van der Waals surface area contributed by atoms with Crippen molar-refractivity contribution < 1.29 is 55.6 Å². The number of aromatic nitrogens is 1. The number of nitrogens with zero attached hydrogens (tertiary/aromatic N) is 1. The van der Waals surface area contributed by atoms with Crippen LogP contribution in [0.3, 0.4) is 0 Å². The van der Waals surface area contributed by atoms with Crippen LogP contribution in [0.2, 0.25) is 0 Å². The zero-order valence-electron chi connectivity index (χ0n) is 6.92. The summed E-state index contributed by atoms with van der Waals surface area (Å²) in [6.45, 7) is 1.88. The van der Waals surface area contributed by atoms with Crippen LogP contribution in [0.5, 0.6) is 5.88 Å². The van der Waals surface area contributed by atoms with E-state index >= 15 is 0 Å². The largest absolute Gasteiger partial charge is 1.00 e.